The monoisotopic (exact) mass is 596 g/mol. The Bertz CT molecular complexity index is 1330. The highest BCUT2D eigenvalue weighted by molar-refractivity contribution is 5.33. The Labute approximate surface area is 251 Å². The summed E-state index contributed by atoms with van der Waals surface area (Å²) >= 11 is 0. The van der Waals surface area contributed by atoms with Crippen LogP contribution in [0.25, 0.3) is 0 Å². The van der Waals surface area contributed by atoms with Crippen molar-refractivity contribution in [1.29, 1.82) is 0 Å². The number of hydrogen-bond donors (Lipinski definition) is 0. The zero-order valence-corrected chi connectivity index (χ0v) is 25.0. The van der Waals surface area contributed by atoms with Crippen LogP contribution in [-0.4, -0.2) is 51.6 Å². The van der Waals surface area contributed by atoms with Gasteiger partial charge in [0.2, 0.25) is 18.2 Å². The fraction of sp³-hybridized carbons (Fsp3) is 0.806. The number of hydrogen-bond acceptors (Lipinski definition) is 9. The molecule has 0 aromatic carbocycles. The van der Waals surface area contributed by atoms with Gasteiger partial charge in [0.15, 0.2) is 0 Å². The molecule has 6 unspecified atom stereocenters. The van der Waals surface area contributed by atoms with Gasteiger partial charge in [-0.2, -0.15) is 0 Å². The van der Waals surface area contributed by atoms with Crippen LogP contribution in [0.15, 0.2) is 29.4 Å². The van der Waals surface area contributed by atoms with Crippen molar-refractivity contribution >= 4 is 18.2 Å². The molecule has 0 bridgehead atoms. The zero-order valence-electron chi connectivity index (χ0n) is 25.0. The summed E-state index contributed by atoms with van der Waals surface area (Å²) in [6.07, 6.45) is 16.3. The first kappa shape index (κ1) is 32.5. The van der Waals surface area contributed by atoms with Crippen LogP contribution in [0.1, 0.15) is 83.5 Å². The van der Waals surface area contributed by atoms with Gasteiger partial charge in [-0.1, -0.05) is 25.7 Å². The summed E-state index contributed by atoms with van der Waals surface area (Å²) < 4.78 is 3.77. The van der Waals surface area contributed by atoms with Gasteiger partial charge in [0.05, 0.1) is 19.6 Å². The van der Waals surface area contributed by atoms with E-state index in [1.54, 1.807) is 18.2 Å². The van der Waals surface area contributed by atoms with Gasteiger partial charge in [-0.3, -0.25) is 0 Å². The first-order valence-corrected chi connectivity index (χ1v) is 16.0. The van der Waals surface area contributed by atoms with Crippen LogP contribution in [0.3, 0.4) is 0 Å². The molecule has 0 N–H and O–H groups in total. The van der Waals surface area contributed by atoms with Crippen LogP contribution in [0.2, 0.25) is 0 Å². The third kappa shape index (κ3) is 9.02. The maximum absolute atomic E-state index is 13.8. The Morgan fingerprint density at radius 1 is 0.512 bits per heavy atom. The van der Waals surface area contributed by atoms with Gasteiger partial charge in [-0.05, 0) is 93.3 Å². The van der Waals surface area contributed by atoms with E-state index in [0.717, 1.165) is 77.0 Å². The SMILES string of the molecule is O=C=NCC1CCCC(CCn2c(=O)n(CC3CCCC(CN=C=O)C3)c(=O)n(CC3CCCC(CN=C=O)C3)c2=O)C1. The molecule has 4 rings (SSSR count). The van der Waals surface area contributed by atoms with E-state index in [9.17, 15) is 28.8 Å². The minimum absolute atomic E-state index is 0.0724. The van der Waals surface area contributed by atoms with E-state index >= 15 is 0 Å². The molecular formula is C31H44N6O6. The van der Waals surface area contributed by atoms with Crippen molar-refractivity contribution in [3.8, 4) is 0 Å². The number of carbonyl (C=O) groups excluding carboxylic acids is 3. The van der Waals surface area contributed by atoms with Crippen molar-refractivity contribution in [2.45, 2.75) is 103 Å². The fourth-order valence-electron chi connectivity index (χ4n) is 7.81. The average molecular weight is 597 g/mol. The Balaban J connectivity index is 1.59. The lowest BCUT2D eigenvalue weighted by atomic mass is 9.80. The smallest absolute Gasteiger partial charge is 0.247 e. The van der Waals surface area contributed by atoms with Gasteiger partial charge in [0.1, 0.15) is 0 Å². The molecule has 0 radical (unpaired) electrons. The van der Waals surface area contributed by atoms with Crippen LogP contribution < -0.4 is 17.1 Å². The maximum Gasteiger partial charge on any atom is 0.336 e. The number of rotatable bonds is 13. The van der Waals surface area contributed by atoms with Gasteiger partial charge in [-0.25, -0.2) is 57.4 Å². The molecule has 0 amide bonds. The first-order chi connectivity index (χ1) is 20.9. The van der Waals surface area contributed by atoms with E-state index in [-0.39, 0.29) is 43.3 Å². The lowest BCUT2D eigenvalue weighted by Crippen LogP contribution is -2.56. The van der Waals surface area contributed by atoms with E-state index in [1.807, 2.05) is 0 Å². The summed E-state index contributed by atoms with van der Waals surface area (Å²) in [7, 11) is 0. The predicted molar refractivity (Wildman–Crippen MR) is 159 cm³/mol. The quantitative estimate of drug-likeness (QED) is 0.252. The molecule has 43 heavy (non-hydrogen) atoms. The number of aromatic nitrogens is 3. The maximum atomic E-state index is 13.8. The van der Waals surface area contributed by atoms with Crippen molar-refractivity contribution in [2.75, 3.05) is 19.6 Å². The van der Waals surface area contributed by atoms with E-state index in [2.05, 4.69) is 15.0 Å². The van der Waals surface area contributed by atoms with Crippen LogP contribution in [0, 0.1) is 35.5 Å². The van der Waals surface area contributed by atoms with Gasteiger partial charge in [0, 0.05) is 19.6 Å². The van der Waals surface area contributed by atoms with Crippen LogP contribution in [0.5, 0.6) is 0 Å². The molecule has 12 heteroatoms. The Kier molecular flexibility index (Phi) is 12.4. The number of nitrogens with zero attached hydrogens (tertiary/aromatic N) is 6. The van der Waals surface area contributed by atoms with Crippen molar-refractivity contribution in [1.82, 2.24) is 13.7 Å². The molecule has 0 spiro atoms. The lowest BCUT2D eigenvalue weighted by Gasteiger charge is -2.30. The summed E-state index contributed by atoms with van der Waals surface area (Å²) in [5, 5.41) is 0. The zero-order chi connectivity index (χ0) is 30.6. The topological polar surface area (TPSA) is 154 Å². The molecule has 3 saturated carbocycles. The molecule has 234 valence electrons. The third-order valence-corrected chi connectivity index (χ3v) is 9.94. The highest BCUT2D eigenvalue weighted by atomic mass is 16.2. The standard InChI is InChI=1S/C31H44N6O6/c38-20-32-15-24-5-1-4-23(12-24)10-11-35-29(41)36(18-27-8-2-6-25(13-27)16-33-21-39)31(43)37(30(35)42)19-28-9-3-7-26(14-28)17-34-22-40/h23-28H,1-19H2. The van der Waals surface area contributed by atoms with E-state index < -0.39 is 17.1 Å². The molecule has 6 atom stereocenters. The predicted octanol–water partition coefficient (Wildman–Crippen LogP) is 2.99. The summed E-state index contributed by atoms with van der Waals surface area (Å²) in [6, 6.07) is 0. The molecular weight excluding hydrogens is 552 g/mol. The normalized spacial score (nSPS) is 27.3. The number of aliphatic imine (C=N–C) groups is 3. The molecule has 1 heterocycles. The molecule has 12 nitrogen and oxygen atoms in total. The van der Waals surface area contributed by atoms with Gasteiger partial charge in [0.25, 0.3) is 0 Å². The first-order valence-electron chi connectivity index (χ1n) is 16.0. The summed E-state index contributed by atoms with van der Waals surface area (Å²) in [4.78, 5) is 84.5. The molecule has 0 saturated heterocycles. The molecule has 1 aromatic rings. The van der Waals surface area contributed by atoms with Crippen molar-refractivity contribution in [3.05, 3.63) is 31.5 Å². The van der Waals surface area contributed by atoms with Gasteiger partial charge >= 0.3 is 17.1 Å². The largest absolute Gasteiger partial charge is 0.336 e. The Morgan fingerprint density at radius 2 is 0.860 bits per heavy atom. The number of isocyanates is 3. The van der Waals surface area contributed by atoms with E-state index in [1.165, 1.54) is 13.7 Å². The molecule has 3 aliphatic carbocycles. The second-order valence-corrected chi connectivity index (χ2v) is 13.0. The minimum atomic E-state index is -0.559. The lowest BCUT2D eigenvalue weighted by molar-refractivity contribution is 0.219. The van der Waals surface area contributed by atoms with Crippen LogP contribution >= 0.6 is 0 Å². The van der Waals surface area contributed by atoms with Crippen molar-refractivity contribution < 1.29 is 14.4 Å². The second kappa shape index (κ2) is 16.4. The highest BCUT2D eigenvalue weighted by Gasteiger charge is 2.28. The molecule has 3 fully saturated rings. The minimum Gasteiger partial charge on any atom is -0.247 e. The average Bonchev–Trinajstić information content (AvgIpc) is 3.02. The molecule has 3 aliphatic rings. The summed E-state index contributed by atoms with van der Waals surface area (Å²) in [6.45, 7) is 1.95. The highest BCUT2D eigenvalue weighted by Crippen LogP contribution is 2.32. The summed E-state index contributed by atoms with van der Waals surface area (Å²) in [5.41, 5.74) is -1.67. The Hall–Kier alpha value is -3.45. The third-order valence-electron chi connectivity index (χ3n) is 9.94. The molecule has 0 aliphatic heterocycles. The summed E-state index contributed by atoms with van der Waals surface area (Å²) in [5.74, 6) is 1.16. The van der Waals surface area contributed by atoms with E-state index in [4.69, 9.17) is 0 Å². The van der Waals surface area contributed by atoms with Gasteiger partial charge < -0.3 is 0 Å². The second-order valence-electron chi connectivity index (χ2n) is 13.0. The van der Waals surface area contributed by atoms with Gasteiger partial charge in [-0.15, -0.1) is 0 Å². The van der Waals surface area contributed by atoms with Crippen LogP contribution in [-0.2, 0) is 34.0 Å². The van der Waals surface area contributed by atoms with Crippen molar-refractivity contribution in [2.24, 2.45) is 50.5 Å². The molecule has 1 aromatic heterocycles. The Morgan fingerprint density at radius 3 is 1.28 bits per heavy atom. The van der Waals surface area contributed by atoms with Crippen molar-refractivity contribution in [3.63, 3.8) is 0 Å². The fourth-order valence-corrected chi connectivity index (χ4v) is 7.81. The van der Waals surface area contributed by atoms with E-state index in [0.29, 0.717) is 37.9 Å². The van der Waals surface area contributed by atoms with Crippen LogP contribution in [0.4, 0.5) is 0 Å².